The zero-order chi connectivity index (χ0) is 17.2. The predicted molar refractivity (Wildman–Crippen MR) is 92.4 cm³/mol. The number of anilines is 1. The number of fused-ring (bicyclic) bond motifs is 1. The second-order valence-electron chi connectivity index (χ2n) is 6.15. The fraction of sp³-hybridized carbons (Fsp3) is 0.263. The molecule has 1 aromatic rings. The Labute approximate surface area is 145 Å². The number of pyridine rings is 1. The Hall–Kier alpha value is -3.07. The summed E-state index contributed by atoms with van der Waals surface area (Å²) in [6.45, 7) is 1.50. The first-order chi connectivity index (χ1) is 12.3. The molecule has 0 amide bonds. The topological polar surface area (TPSA) is 65.7 Å². The van der Waals surface area contributed by atoms with E-state index in [1.165, 1.54) is 6.07 Å². The Bertz CT molecular complexity index is 912. The van der Waals surface area contributed by atoms with Crippen LogP contribution >= 0.6 is 0 Å². The SMILES string of the molecule is N#CC1CCN(c2ccc(F)c(-c3nnc4cccccc3-4)n2)CC1. The van der Waals surface area contributed by atoms with Gasteiger partial charge in [0.05, 0.1) is 11.8 Å². The van der Waals surface area contributed by atoms with Crippen molar-refractivity contribution in [3.8, 4) is 28.7 Å². The van der Waals surface area contributed by atoms with Gasteiger partial charge in [-0.25, -0.2) is 9.37 Å². The van der Waals surface area contributed by atoms with E-state index in [0.717, 1.165) is 31.5 Å². The van der Waals surface area contributed by atoms with Gasteiger partial charge in [-0.3, -0.25) is 0 Å². The van der Waals surface area contributed by atoms with Gasteiger partial charge in [0.25, 0.3) is 0 Å². The summed E-state index contributed by atoms with van der Waals surface area (Å²) < 4.78 is 14.4. The van der Waals surface area contributed by atoms with Gasteiger partial charge in [-0.05, 0) is 31.0 Å². The third kappa shape index (κ3) is 2.89. The monoisotopic (exact) mass is 333 g/mol. The van der Waals surface area contributed by atoms with E-state index < -0.39 is 5.82 Å². The molecule has 0 spiro atoms. The van der Waals surface area contributed by atoms with Crippen LogP contribution in [0.25, 0.3) is 22.6 Å². The van der Waals surface area contributed by atoms with Crippen LogP contribution in [0, 0.1) is 23.1 Å². The molecule has 0 atom stereocenters. The molecule has 3 aliphatic rings. The van der Waals surface area contributed by atoms with Crippen molar-refractivity contribution in [1.82, 2.24) is 15.2 Å². The first-order valence-electron chi connectivity index (χ1n) is 8.29. The molecule has 0 aromatic carbocycles. The summed E-state index contributed by atoms with van der Waals surface area (Å²) in [6, 6.07) is 14.8. The van der Waals surface area contributed by atoms with Crippen molar-refractivity contribution in [2.45, 2.75) is 12.8 Å². The highest BCUT2D eigenvalue weighted by atomic mass is 19.1. The van der Waals surface area contributed by atoms with Crippen molar-refractivity contribution in [2.75, 3.05) is 18.0 Å². The highest BCUT2D eigenvalue weighted by Crippen LogP contribution is 2.32. The second-order valence-corrected chi connectivity index (χ2v) is 6.15. The maximum absolute atomic E-state index is 14.4. The van der Waals surface area contributed by atoms with E-state index in [1.54, 1.807) is 6.07 Å². The van der Waals surface area contributed by atoms with Gasteiger partial charge in [0.15, 0.2) is 5.82 Å². The number of piperidine rings is 1. The zero-order valence-corrected chi connectivity index (χ0v) is 13.6. The third-order valence-electron chi connectivity index (χ3n) is 4.59. The summed E-state index contributed by atoms with van der Waals surface area (Å²) in [6.07, 6.45) is 1.61. The fourth-order valence-electron chi connectivity index (χ4n) is 3.17. The molecule has 1 saturated heterocycles. The highest BCUT2D eigenvalue weighted by Gasteiger charge is 2.23. The van der Waals surface area contributed by atoms with Gasteiger partial charge in [0.2, 0.25) is 0 Å². The number of nitriles is 1. The maximum Gasteiger partial charge on any atom is 0.151 e. The number of hydrogen-bond donors (Lipinski definition) is 0. The van der Waals surface area contributed by atoms with Crippen molar-refractivity contribution in [1.29, 1.82) is 5.26 Å². The quantitative estimate of drug-likeness (QED) is 0.718. The summed E-state index contributed by atoms with van der Waals surface area (Å²) in [4.78, 5) is 6.62. The minimum absolute atomic E-state index is 0.0982. The smallest absolute Gasteiger partial charge is 0.151 e. The molecule has 6 heteroatoms. The molecule has 124 valence electrons. The van der Waals surface area contributed by atoms with Gasteiger partial charge in [0.1, 0.15) is 17.2 Å². The largest absolute Gasteiger partial charge is 0.357 e. The first kappa shape index (κ1) is 15.5. The molecule has 2 aliphatic heterocycles. The average Bonchev–Trinajstić information content (AvgIpc) is 2.90. The number of aromatic nitrogens is 3. The van der Waals surface area contributed by atoms with Crippen LogP contribution < -0.4 is 4.90 Å². The summed E-state index contributed by atoms with van der Waals surface area (Å²) in [5.74, 6) is 0.397. The molecular weight excluding hydrogens is 317 g/mol. The normalized spacial score (nSPS) is 15.3. The molecule has 25 heavy (non-hydrogen) atoms. The summed E-state index contributed by atoms with van der Waals surface area (Å²) >= 11 is 0. The molecule has 5 nitrogen and oxygen atoms in total. The molecule has 1 aromatic heterocycles. The third-order valence-corrected chi connectivity index (χ3v) is 4.59. The molecule has 0 N–H and O–H groups in total. The van der Waals surface area contributed by atoms with Crippen LogP contribution in [0.3, 0.4) is 0 Å². The van der Waals surface area contributed by atoms with E-state index in [4.69, 9.17) is 5.26 Å². The molecular formula is C19H16FN5. The maximum atomic E-state index is 14.4. The van der Waals surface area contributed by atoms with Crippen molar-refractivity contribution in [2.24, 2.45) is 5.92 Å². The van der Waals surface area contributed by atoms with E-state index in [1.807, 2.05) is 30.3 Å². The number of hydrogen-bond acceptors (Lipinski definition) is 5. The summed E-state index contributed by atoms with van der Waals surface area (Å²) in [5, 5.41) is 17.3. The van der Waals surface area contributed by atoms with Crippen LogP contribution in [0.5, 0.6) is 0 Å². The van der Waals surface area contributed by atoms with Crippen LogP contribution in [-0.2, 0) is 0 Å². The number of nitrogens with zero attached hydrogens (tertiary/aromatic N) is 5. The van der Waals surface area contributed by atoms with Crippen LogP contribution in [-0.4, -0.2) is 28.3 Å². The first-order valence-corrected chi connectivity index (χ1v) is 8.29. The Morgan fingerprint density at radius 2 is 1.80 bits per heavy atom. The van der Waals surface area contributed by atoms with Crippen LogP contribution in [0.15, 0.2) is 42.5 Å². The van der Waals surface area contributed by atoms with E-state index in [-0.39, 0.29) is 11.6 Å². The lowest BCUT2D eigenvalue weighted by atomic mass is 9.98. The van der Waals surface area contributed by atoms with E-state index in [9.17, 15) is 4.39 Å². The van der Waals surface area contributed by atoms with Crippen LogP contribution in [0.2, 0.25) is 0 Å². The molecule has 1 aliphatic carbocycles. The van der Waals surface area contributed by atoms with Crippen molar-refractivity contribution in [3.63, 3.8) is 0 Å². The van der Waals surface area contributed by atoms with Gasteiger partial charge < -0.3 is 4.90 Å². The Balaban J connectivity index is 1.70. The highest BCUT2D eigenvalue weighted by molar-refractivity contribution is 5.78. The lowest BCUT2D eigenvalue weighted by molar-refractivity contribution is 0.485. The molecule has 3 heterocycles. The Morgan fingerprint density at radius 1 is 1.00 bits per heavy atom. The summed E-state index contributed by atoms with van der Waals surface area (Å²) in [7, 11) is 0. The van der Waals surface area contributed by atoms with Crippen LogP contribution in [0.1, 0.15) is 12.8 Å². The number of halogens is 1. The lowest BCUT2D eigenvalue weighted by Gasteiger charge is -2.30. The lowest BCUT2D eigenvalue weighted by Crippen LogP contribution is -2.33. The molecule has 0 saturated carbocycles. The van der Waals surface area contributed by atoms with E-state index in [0.29, 0.717) is 17.2 Å². The molecule has 0 unspecified atom stereocenters. The Kier molecular flexibility index (Phi) is 3.98. The van der Waals surface area contributed by atoms with E-state index in [2.05, 4.69) is 26.2 Å². The number of rotatable bonds is 2. The van der Waals surface area contributed by atoms with Gasteiger partial charge >= 0.3 is 0 Å². The average molecular weight is 333 g/mol. The van der Waals surface area contributed by atoms with Gasteiger partial charge in [-0.1, -0.05) is 24.3 Å². The van der Waals surface area contributed by atoms with Gasteiger partial charge in [0, 0.05) is 24.6 Å². The van der Waals surface area contributed by atoms with Gasteiger partial charge in [-0.15, -0.1) is 10.2 Å². The fourth-order valence-corrected chi connectivity index (χ4v) is 3.17. The summed E-state index contributed by atoms with van der Waals surface area (Å²) in [5.41, 5.74) is 2.16. The standard InChI is InChI=1S/C19H16FN5/c20-15-6-7-17(25-10-8-13(12-21)9-11-25)22-19(15)18-14-4-2-1-3-5-16(14)23-24-18/h1-7,13H,8-11H2. The predicted octanol–water partition coefficient (Wildman–Crippen LogP) is 3.52. The molecule has 4 rings (SSSR count). The minimum Gasteiger partial charge on any atom is -0.357 e. The Morgan fingerprint density at radius 3 is 2.60 bits per heavy atom. The van der Waals surface area contributed by atoms with Crippen molar-refractivity contribution in [3.05, 3.63) is 48.3 Å². The molecule has 1 fully saturated rings. The van der Waals surface area contributed by atoms with Gasteiger partial charge in [-0.2, -0.15) is 5.26 Å². The zero-order valence-electron chi connectivity index (χ0n) is 13.6. The minimum atomic E-state index is -0.413. The second kappa shape index (κ2) is 6.44. The molecule has 0 bridgehead atoms. The van der Waals surface area contributed by atoms with Crippen LogP contribution in [0.4, 0.5) is 10.2 Å². The van der Waals surface area contributed by atoms with Crippen molar-refractivity contribution >= 4 is 5.82 Å². The van der Waals surface area contributed by atoms with Crippen molar-refractivity contribution < 1.29 is 4.39 Å². The van der Waals surface area contributed by atoms with E-state index >= 15 is 0 Å². The molecule has 0 radical (unpaired) electrons.